The lowest BCUT2D eigenvalue weighted by Crippen LogP contribution is -2.49. The minimum atomic E-state index is -1.19. The lowest BCUT2D eigenvalue weighted by molar-refractivity contribution is -0.141. The Morgan fingerprint density at radius 3 is 2.31 bits per heavy atom. The van der Waals surface area contributed by atoms with Gasteiger partial charge in [0.2, 0.25) is 11.8 Å². The standard InChI is InChI=1S/C8H15N3O4S/c9-4(1-2-6(10)12)7(13)11-5(3-16)8(14)15/h4-5,16H,1-3,9H2,(H2,10,12)(H,11,13)(H,14,15)/t4-,5-/m0/s1. The Labute approximate surface area is 98.0 Å². The largest absolute Gasteiger partial charge is 0.480 e. The number of nitrogens with one attached hydrogen (secondary N) is 1. The van der Waals surface area contributed by atoms with Gasteiger partial charge >= 0.3 is 5.97 Å². The minimum Gasteiger partial charge on any atom is -0.480 e. The zero-order valence-electron chi connectivity index (χ0n) is 8.55. The number of hydrogen-bond acceptors (Lipinski definition) is 5. The molecule has 0 rings (SSSR count). The molecule has 0 aromatic carbocycles. The average Bonchev–Trinajstić information content (AvgIpc) is 2.21. The van der Waals surface area contributed by atoms with Crippen LogP contribution in [-0.2, 0) is 14.4 Å². The smallest absolute Gasteiger partial charge is 0.327 e. The first-order valence-corrected chi connectivity index (χ1v) is 5.19. The van der Waals surface area contributed by atoms with Crippen molar-refractivity contribution in [1.29, 1.82) is 0 Å². The van der Waals surface area contributed by atoms with E-state index in [4.69, 9.17) is 16.6 Å². The molecule has 0 saturated heterocycles. The van der Waals surface area contributed by atoms with Crippen LogP contribution in [0.2, 0.25) is 0 Å². The molecule has 7 nitrogen and oxygen atoms in total. The fourth-order valence-corrected chi connectivity index (χ4v) is 1.14. The zero-order chi connectivity index (χ0) is 12.7. The molecule has 0 aliphatic rings. The number of thiol groups is 1. The van der Waals surface area contributed by atoms with E-state index in [2.05, 4.69) is 17.9 Å². The molecule has 2 atom stereocenters. The van der Waals surface area contributed by atoms with Crippen molar-refractivity contribution in [3.63, 3.8) is 0 Å². The van der Waals surface area contributed by atoms with Crippen LogP contribution in [-0.4, -0.2) is 40.7 Å². The van der Waals surface area contributed by atoms with Crippen LogP contribution in [0, 0.1) is 0 Å². The molecule has 0 aromatic heterocycles. The van der Waals surface area contributed by atoms with Gasteiger partial charge in [0.05, 0.1) is 6.04 Å². The number of aliphatic carboxylic acids is 1. The summed E-state index contributed by atoms with van der Waals surface area (Å²) >= 11 is 3.77. The number of hydrogen-bond donors (Lipinski definition) is 5. The molecule has 0 saturated carbocycles. The quantitative estimate of drug-likeness (QED) is 0.335. The van der Waals surface area contributed by atoms with E-state index in [9.17, 15) is 14.4 Å². The summed E-state index contributed by atoms with van der Waals surface area (Å²) in [5.74, 6) is -2.43. The van der Waals surface area contributed by atoms with Crippen molar-refractivity contribution in [3.8, 4) is 0 Å². The second kappa shape index (κ2) is 7.07. The molecule has 0 fully saturated rings. The normalized spacial score (nSPS) is 13.9. The van der Waals surface area contributed by atoms with Gasteiger partial charge in [0.15, 0.2) is 0 Å². The van der Waals surface area contributed by atoms with Gasteiger partial charge in [-0.05, 0) is 6.42 Å². The summed E-state index contributed by atoms with van der Waals surface area (Å²) in [5.41, 5.74) is 10.3. The van der Waals surface area contributed by atoms with Gasteiger partial charge in [-0.1, -0.05) is 0 Å². The number of carbonyl (C=O) groups is 3. The van der Waals surface area contributed by atoms with E-state index in [1.165, 1.54) is 0 Å². The van der Waals surface area contributed by atoms with Gasteiger partial charge in [-0.15, -0.1) is 0 Å². The van der Waals surface area contributed by atoms with Crippen LogP contribution in [0.15, 0.2) is 0 Å². The summed E-state index contributed by atoms with van der Waals surface area (Å²) in [7, 11) is 0. The van der Waals surface area contributed by atoms with Crippen LogP contribution in [0.25, 0.3) is 0 Å². The second-order valence-electron chi connectivity index (χ2n) is 3.19. The predicted molar refractivity (Wildman–Crippen MR) is 59.8 cm³/mol. The molecule has 0 heterocycles. The molecule has 0 radical (unpaired) electrons. The maximum atomic E-state index is 11.3. The molecule has 6 N–H and O–H groups in total. The molecule has 0 aliphatic heterocycles. The topological polar surface area (TPSA) is 136 Å². The Bertz CT molecular complexity index is 284. The van der Waals surface area contributed by atoms with Gasteiger partial charge in [-0.2, -0.15) is 12.6 Å². The highest BCUT2D eigenvalue weighted by molar-refractivity contribution is 7.80. The number of primary amides is 1. The summed E-state index contributed by atoms with van der Waals surface area (Å²) in [6, 6.07) is -2.04. The molecule has 8 heteroatoms. The minimum absolute atomic E-state index is 0.0206. The number of carbonyl (C=O) groups excluding carboxylic acids is 2. The maximum absolute atomic E-state index is 11.3. The van der Waals surface area contributed by atoms with Crippen molar-refractivity contribution in [2.75, 3.05) is 5.75 Å². The summed E-state index contributed by atoms with van der Waals surface area (Å²) in [6.45, 7) is 0. The number of nitrogens with two attached hydrogens (primary N) is 2. The Balaban J connectivity index is 4.13. The van der Waals surface area contributed by atoms with Crippen LogP contribution in [0.5, 0.6) is 0 Å². The summed E-state index contributed by atoms with van der Waals surface area (Å²) < 4.78 is 0. The van der Waals surface area contributed by atoms with E-state index >= 15 is 0 Å². The molecule has 0 aliphatic carbocycles. The van der Waals surface area contributed by atoms with Crippen LogP contribution in [0.3, 0.4) is 0 Å². The van der Waals surface area contributed by atoms with Crippen molar-refractivity contribution < 1.29 is 19.5 Å². The number of carboxylic acid groups (broad SMARTS) is 1. The fraction of sp³-hybridized carbons (Fsp3) is 0.625. The molecule has 0 aromatic rings. The molecule has 0 spiro atoms. The molecular weight excluding hydrogens is 234 g/mol. The van der Waals surface area contributed by atoms with Crippen LogP contribution in [0.1, 0.15) is 12.8 Å². The maximum Gasteiger partial charge on any atom is 0.327 e. The van der Waals surface area contributed by atoms with E-state index in [0.29, 0.717) is 0 Å². The first kappa shape index (κ1) is 14.7. The van der Waals surface area contributed by atoms with E-state index in [1.54, 1.807) is 0 Å². The molecule has 0 bridgehead atoms. The third-order valence-corrected chi connectivity index (χ3v) is 2.20. The Morgan fingerprint density at radius 1 is 1.38 bits per heavy atom. The van der Waals surface area contributed by atoms with Gasteiger partial charge in [0.1, 0.15) is 6.04 Å². The van der Waals surface area contributed by atoms with Crippen molar-refractivity contribution in [1.82, 2.24) is 5.32 Å². The van der Waals surface area contributed by atoms with Gasteiger partial charge in [-0.3, -0.25) is 9.59 Å². The van der Waals surface area contributed by atoms with Crippen molar-refractivity contribution in [2.45, 2.75) is 24.9 Å². The van der Waals surface area contributed by atoms with Crippen molar-refractivity contribution in [3.05, 3.63) is 0 Å². The van der Waals surface area contributed by atoms with E-state index in [1.807, 2.05) is 0 Å². The number of amides is 2. The molecule has 92 valence electrons. The van der Waals surface area contributed by atoms with E-state index < -0.39 is 29.9 Å². The summed E-state index contributed by atoms with van der Waals surface area (Å²) in [6.07, 6.45) is 0.0628. The van der Waals surface area contributed by atoms with Gasteiger partial charge in [-0.25, -0.2) is 4.79 Å². The first-order valence-electron chi connectivity index (χ1n) is 4.56. The van der Waals surface area contributed by atoms with Crippen LogP contribution < -0.4 is 16.8 Å². The third kappa shape index (κ3) is 5.56. The fourth-order valence-electron chi connectivity index (χ4n) is 0.893. The monoisotopic (exact) mass is 249 g/mol. The van der Waals surface area contributed by atoms with Gasteiger partial charge < -0.3 is 21.9 Å². The molecule has 0 unspecified atom stereocenters. The SMILES string of the molecule is NC(=O)CC[C@H](N)C(=O)N[C@@H](CS)C(=O)O. The summed E-state index contributed by atoms with van der Waals surface area (Å²) in [5, 5.41) is 10.8. The third-order valence-electron chi connectivity index (χ3n) is 1.84. The van der Waals surface area contributed by atoms with Crippen LogP contribution >= 0.6 is 12.6 Å². The molecule has 16 heavy (non-hydrogen) atoms. The molecular formula is C8H15N3O4S. The first-order chi connectivity index (χ1) is 7.38. The van der Waals surface area contributed by atoms with Gasteiger partial charge in [0, 0.05) is 12.2 Å². The Kier molecular flexibility index (Phi) is 6.50. The lowest BCUT2D eigenvalue weighted by atomic mass is 10.1. The van der Waals surface area contributed by atoms with E-state index in [0.717, 1.165) is 0 Å². The number of rotatable bonds is 7. The van der Waals surface area contributed by atoms with Crippen molar-refractivity contribution in [2.24, 2.45) is 11.5 Å². The number of carboxylic acids is 1. The second-order valence-corrected chi connectivity index (χ2v) is 3.56. The highest BCUT2D eigenvalue weighted by Gasteiger charge is 2.21. The lowest BCUT2D eigenvalue weighted by Gasteiger charge is -2.15. The van der Waals surface area contributed by atoms with E-state index in [-0.39, 0.29) is 18.6 Å². The Morgan fingerprint density at radius 2 is 1.94 bits per heavy atom. The van der Waals surface area contributed by atoms with Crippen LogP contribution in [0.4, 0.5) is 0 Å². The molecule has 2 amide bonds. The highest BCUT2D eigenvalue weighted by atomic mass is 32.1. The predicted octanol–water partition coefficient (Wildman–Crippen LogP) is -1.92. The van der Waals surface area contributed by atoms with Gasteiger partial charge in [0.25, 0.3) is 0 Å². The Hall–Kier alpha value is -1.28. The van der Waals surface area contributed by atoms with Crippen molar-refractivity contribution >= 4 is 30.4 Å². The summed E-state index contributed by atoms with van der Waals surface area (Å²) in [4.78, 5) is 32.4. The zero-order valence-corrected chi connectivity index (χ0v) is 9.44. The average molecular weight is 249 g/mol. The highest BCUT2D eigenvalue weighted by Crippen LogP contribution is 1.96.